The molecule has 0 atom stereocenters. The maximum absolute atomic E-state index is 14.8. The lowest BCUT2D eigenvalue weighted by molar-refractivity contribution is 0.628. The van der Waals surface area contributed by atoms with Gasteiger partial charge in [0.05, 0.1) is 5.52 Å². The molecule has 0 aliphatic rings. The van der Waals surface area contributed by atoms with Crippen LogP contribution in [0.25, 0.3) is 55.8 Å². The molecule has 0 unspecified atom stereocenters. The lowest BCUT2D eigenvalue weighted by atomic mass is 10.1. The quantitative estimate of drug-likeness (QED) is 0.420. The molecule has 4 aromatic heterocycles. The molecule has 0 aliphatic carbocycles. The van der Waals surface area contributed by atoms with Gasteiger partial charge in [0.1, 0.15) is 23.4 Å². The summed E-state index contributed by atoms with van der Waals surface area (Å²) in [5.74, 6) is -0.314. The van der Waals surface area contributed by atoms with Crippen LogP contribution in [0.5, 0.6) is 0 Å². The predicted octanol–water partition coefficient (Wildman–Crippen LogP) is 4.90. The van der Waals surface area contributed by atoms with Crippen molar-refractivity contribution in [1.29, 1.82) is 0 Å². The van der Waals surface area contributed by atoms with Gasteiger partial charge in [-0.15, -0.1) is 0 Å². The molecule has 7 nitrogen and oxygen atoms in total. The van der Waals surface area contributed by atoms with E-state index in [0.717, 1.165) is 11.1 Å². The molecule has 9 heteroatoms. The number of aromatic nitrogens is 7. The number of hydrogen-bond donors (Lipinski definition) is 2. The Bertz CT molecular complexity index is 1590. The summed E-state index contributed by atoms with van der Waals surface area (Å²) in [6.45, 7) is 0. The van der Waals surface area contributed by atoms with E-state index >= 15 is 0 Å². The molecule has 0 saturated heterocycles. The van der Waals surface area contributed by atoms with Crippen LogP contribution in [0.3, 0.4) is 0 Å². The number of halogens is 2. The molecule has 2 N–H and O–H groups in total. The third-order valence-corrected chi connectivity index (χ3v) is 5.29. The van der Waals surface area contributed by atoms with Gasteiger partial charge in [-0.3, -0.25) is 5.10 Å². The fourth-order valence-electron chi connectivity index (χ4n) is 3.77. The van der Waals surface area contributed by atoms with E-state index in [9.17, 15) is 8.78 Å². The van der Waals surface area contributed by atoms with Gasteiger partial charge in [0.15, 0.2) is 17.3 Å². The van der Waals surface area contributed by atoms with Crippen molar-refractivity contribution in [2.45, 2.75) is 0 Å². The second-order valence-electron chi connectivity index (χ2n) is 7.23. The van der Waals surface area contributed by atoms with E-state index in [1.807, 2.05) is 12.1 Å². The highest BCUT2D eigenvalue weighted by Crippen LogP contribution is 2.33. The highest BCUT2D eigenvalue weighted by atomic mass is 19.1. The maximum Gasteiger partial charge on any atom is 0.178 e. The van der Waals surface area contributed by atoms with Gasteiger partial charge in [-0.05, 0) is 41.5 Å². The fourth-order valence-corrected chi connectivity index (χ4v) is 3.77. The van der Waals surface area contributed by atoms with E-state index in [0.29, 0.717) is 39.2 Å². The summed E-state index contributed by atoms with van der Waals surface area (Å²) in [6, 6.07) is 11.2. The van der Waals surface area contributed by atoms with Gasteiger partial charge in [-0.1, -0.05) is 12.1 Å². The molecule has 0 saturated carbocycles. The van der Waals surface area contributed by atoms with Crippen LogP contribution in [-0.4, -0.2) is 35.1 Å². The lowest BCUT2D eigenvalue weighted by Gasteiger charge is -2.03. The SMILES string of the molecule is Fc1ccc(-c2ccnc3nc(-c4[nH]nc5c(F)cc(-c6cncnc6)cc45)[nH]c23)cc1. The van der Waals surface area contributed by atoms with Crippen LogP contribution in [-0.2, 0) is 0 Å². The van der Waals surface area contributed by atoms with Gasteiger partial charge < -0.3 is 4.98 Å². The second-order valence-corrected chi connectivity index (χ2v) is 7.23. The minimum atomic E-state index is -0.468. The summed E-state index contributed by atoms with van der Waals surface area (Å²) in [5, 5.41) is 7.58. The van der Waals surface area contributed by atoms with Crippen molar-refractivity contribution in [3.05, 3.63) is 79.0 Å². The molecular weight excluding hydrogens is 412 g/mol. The standard InChI is InChI=1S/C23H13F2N7/c24-15-3-1-12(2-4-15)16-5-6-28-22-20(16)29-23(30-22)21-17-7-13(14-9-26-11-27-10-14)8-18(25)19(17)31-32-21/h1-11H,(H,31,32)(H,28,29,30). The van der Waals surface area contributed by atoms with Crippen molar-refractivity contribution in [1.82, 2.24) is 35.1 Å². The van der Waals surface area contributed by atoms with Crippen LogP contribution >= 0.6 is 0 Å². The first-order valence-corrected chi connectivity index (χ1v) is 9.71. The predicted molar refractivity (Wildman–Crippen MR) is 115 cm³/mol. The van der Waals surface area contributed by atoms with Crippen molar-refractivity contribution >= 4 is 22.1 Å². The molecule has 32 heavy (non-hydrogen) atoms. The van der Waals surface area contributed by atoms with Crippen molar-refractivity contribution in [3.63, 3.8) is 0 Å². The van der Waals surface area contributed by atoms with Crippen LogP contribution in [0.1, 0.15) is 0 Å². The van der Waals surface area contributed by atoms with Gasteiger partial charge in [0, 0.05) is 35.1 Å². The molecule has 0 radical (unpaired) electrons. The van der Waals surface area contributed by atoms with Crippen molar-refractivity contribution in [3.8, 4) is 33.8 Å². The van der Waals surface area contributed by atoms with E-state index in [1.54, 1.807) is 30.7 Å². The Balaban J connectivity index is 1.53. The smallest absolute Gasteiger partial charge is 0.178 e. The van der Waals surface area contributed by atoms with E-state index < -0.39 is 5.82 Å². The minimum absolute atomic E-state index is 0.202. The van der Waals surface area contributed by atoms with Gasteiger partial charge in [0.2, 0.25) is 0 Å². The summed E-state index contributed by atoms with van der Waals surface area (Å²) in [7, 11) is 0. The fraction of sp³-hybridized carbons (Fsp3) is 0. The van der Waals surface area contributed by atoms with Gasteiger partial charge in [-0.2, -0.15) is 5.10 Å². The summed E-state index contributed by atoms with van der Waals surface area (Å²) in [4.78, 5) is 20.2. The van der Waals surface area contributed by atoms with Crippen molar-refractivity contribution in [2.75, 3.05) is 0 Å². The topological polar surface area (TPSA) is 96.0 Å². The third-order valence-electron chi connectivity index (χ3n) is 5.29. The molecule has 6 aromatic rings. The van der Waals surface area contributed by atoms with Crippen molar-refractivity contribution < 1.29 is 8.78 Å². The van der Waals surface area contributed by atoms with E-state index in [-0.39, 0.29) is 11.3 Å². The number of H-pyrrole nitrogens is 2. The average molecular weight is 425 g/mol. The molecule has 0 spiro atoms. The van der Waals surface area contributed by atoms with E-state index in [1.165, 1.54) is 24.5 Å². The first-order valence-electron chi connectivity index (χ1n) is 9.71. The van der Waals surface area contributed by atoms with Crippen LogP contribution in [0.2, 0.25) is 0 Å². The highest BCUT2D eigenvalue weighted by molar-refractivity contribution is 5.97. The van der Waals surface area contributed by atoms with E-state index in [4.69, 9.17) is 0 Å². The first-order chi connectivity index (χ1) is 15.7. The Morgan fingerprint density at radius 3 is 2.47 bits per heavy atom. The van der Waals surface area contributed by atoms with Gasteiger partial charge >= 0.3 is 0 Å². The Kier molecular flexibility index (Phi) is 4.00. The van der Waals surface area contributed by atoms with Gasteiger partial charge in [-0.25, -0.2) is 28.7 Å². The number of fused-ring (bicyclic) bond motifs is 2. The zero-order valence-corrected chi connectivity index (χ0v) is 16.3. The minimum Gasteiger partial charge on any atom is -0.335 e. The summed E-state index contributed by atoms with van der Waals surface area (Å²) < 4.78 is 28.1. The number of aromatic amines is 2. The number of nitrogens with one attached hydrogen (secondary N) is 2. The third kappa shape index (κ3) is 2.90. The molecular formula is C23H13F2N7. The Hall–Kier alpha value is -4.53. The largest absolute Gasteiger partial charge is 0.335 e. The first kappa shape index (κ1) is 18.3. The maximum atomic E-state index is 14.8. The molecule has 2 aromatic carbocycles. The van der Waals surface area contributed by atoms with Crippen LogP contribution < -0.4 is 0 Å². The zero-order chi connectivity index (χ0) is 21.7. The molecule has 154 valence electrons. The Morgan fingerprint density at radius 2 is 1.66 bits per heavy atom. The van der Waals surface area contributed by atoms with Crippen molar-refractivity contribution in [2.24, 2.45) is 0 Å². The van der Waals surface area contributed by atoms with Crippen LogP contribution in [0.4, 0.5) is 8.78 Å². The van der Waals surface area contributed by atoms with Crippen LogP contribution in [0, 0.1) is 11.6 Å². The average Bonchev–Trinajstić information content (AvgIpc) is 3.44. The number of hydrogen-bond acceptors (Lipinski definition) is 5. The van der Waals surface area contributed by atoms with Crippen LogP contribution in [0.15, 0.2) is 67.4 Å². The number of pyridine rings is 1. The molecule has 0 aliphatic heterocycles. The molecule has 0 amide bonds. The monoisotopic (exact) mass is 425 g/mol. The highest BCUT2D eigenvalue weighted by Gasteiger charge is 2.18. The number of rotatable bonds is 3. The lowest BCUT2D eigenvalue weighted by Crippen LogP contribution is -1.86. The number of imidazole rings is 1. The van der Waals surface area contributed by atoms with E-state index in [2.05, 4.69) is 35.1 Å². The normalized spacial score (nSPS) is 11.4. The zero-order valence-electron chi connectivity index (χ0n) is 16.3. The molecule has 4 heterocycles. The van der Waals surface area contributed by atoms with Gasteiger partial charge in [0.25, 0.3) is 0 Å². The molecule has 0 bridgehead atoms. The second kappa shape index (κ2) is 7.02. The number of benzene rings is 2. The Labute approximate surface area is 179 Å². The molecule has 0 fully saturated rings. The summed E-state index contributed by atoms with van der Waals surface area (Å²) in [5.41, 5.74) is 4.85. The Morgan fingerprint density at radius 1 is 0.844 bits per heavy atom. The molecule has 6 rings (SSSR count). The summed E-state index contributed by atoms with van der Waals surface area (Å²) >= 11 is 0. The summed E-state index contributed by atoms with van der Waals surface area (Å²) in [6.07, 6.45) is 6.30. The number of nitrogens with zero attached hydrogens (tertiary/aromatic N) is 5.